The lowest BCUT2D eigenvalue weighted by molar-refractivity contribution is -0.120. The Kier molecular flexibility index (Phi) is 7.77. The minimum absolute atomic E-state index is 0.0561. The Bertz CT molecular complexity index is 733. The van der Waals surface area contributed by atoms with Crippen LogP contribution in [0.4, 0.5) is 0 Å². The van der Waals surface area contributed by atoms with Crippen LogP contribution in [0.2, 0.25) is 0 Å². The van der Waals surface area contributed by atoms with Crippen molar-refractivity contribution in [3.8, 4) is 5.75 Å². The molecule has 28 heavy (non-hydrogen) atoms. The summed E-state index contributed by atoms with van der Waals surface area (Å²) in [7, 11) is 1.67. The lowest BCUT2D eigenvalue weighted by Crippen LogP contribution is -2.44. The van der Waals surface area contributed by atoms with Gasteiger partial charge in [-0.2, -0.15) is 0 Å². The number of nitrogens with zero attached hydrogens (tertiary/aromatic N) is 1. The molecular formula is C22H28N2O3S. The second-order valence-electron chi connectivity index (χ2n) is 6.76. The van der Waals surface area contributed by atoms with Crippen molar-refractivity contribution in [3.05, 3.63) is 60.2 Å². The number of carbonyl (C=O) groups is 1. The Morgan fingerprint density at radius 2 is 1.82 bits per heavy atom. The molecule has 1 saturated heterocycles. The van der Waals surface area contributed by atoms with Crippen molar-refractivity contribution in [3.63, 3.8) is 0 Å². The van der Waals surface area contributed by atoms with Crippen LogP contribution in [0, 0.1) is 0 Å². The van der Waals surface area contributed by atoms with E-state index < -0.39 is 0 Å². The monoisotopic (exact) mass is 400 g/mol. The molecule has 0 bridgehead atoms. The molecule has 6 heteroatoms. The average Bonchev–Trinajstić information content (AvgIpc) is 2.75. The Morgan fingerprint density at radius 3 is 2.46 bits per heavy atom. The molecule has 0 saturated carbocycles. The maximum atomic E-state index is 12.7. The molecule has 2 atom stereocenters. The SMILES string of the molecule is COc1ccc([C@@H](CNC(=O)[C@H](C)Sc2ccccc2)N2CCOCC2)cc1. The normalized spacial score (nSPS) is 16.9. The Labute approximate surface area is 171 Å². The van der Waals surface area contributed by atoms with Gasteiger partial charge in [-0.05, 0) is 36.8 Å². The summed E-state index contributed by atoms with van der Waals surface area (Å²) in [5.74, 6) is 0.891. The molecule has 1 amide bonds. The van der Waals surface area contributed by atoms with Crippen LogP contribution in [0.25, 0.3) is 0 Å². The van der Waals surface area contributed by atoms with E-state index in [0.717, 1.165) is 36.9 Å². The van der Waals surface area contributed by atoms with Gasteiger partial charge in [0.15, 0.2) is 0 Å². The van der Waals surface area contributed by atoms with Crippen molar-refractivity contribution < 1.29 is 14.3 Å². The number of morpholine rings is 1. The van der Waals surface area contributed by atoms with Crippen molar-refractivity contribution in [1.29, 1.82) is 0 Å². The van der Waals surface area contributed by atoms with Gasteiger partial charge in [0.05, 0.1) is 31.6 Å². The molecule has 2 aromatic rings. The van der Waals surface area contributed by atoms with E-state index in [-0.39, 0.29) is 17.2 Å². The fourth-order valence-electron chi connectivity index (χ4n) is 3.27. The predicted octanol–water partition coefficient (Wildman–Crippen LogP) is 3.37. The van der Waals surface area contributed by atoms with E-state index in [9.17, 15) is 4.79 Å². The van der Waals surface area contributed by atoms with Gasteiger partial charge in [0.2, 0.25) is 5.91 Å². The minimum atomic E-state index is -0.149. The molecule has 0 aromatic heterocycles. The third kappa shape index (κ3) is 5.74. The summed E-state index contributed by atoms with van der Waals surface area (Å²) < 4.78 is 10.8. The fourth-order valence-corrected chi connectivity index (χ4v) is 4.18. The van der Waals surface area contributed by atoms with Crippen LogP contribution in [0.15, 0.2) is 59.5 Å². The van der Waals surface area contributed by atoms with Crippen LogP contribution >= 0.6 is 11.8 Å². The number of hydrogen-bond acceptors (Lipinski definition) is 5. The van der Waals surface area contributed by atoms with Crippen molar-refractivity contribution in [1.82, 2.24) is 10.2 Å². The van der Waals surface area contributed by atoms with Gasteiger partial charge in [-0.1, -0.05) is 30.3 Å². The van der Waals surface area contributed by atoms with Gasteiger partial charge in [0, 0.05) is 24.5 Å². The highest BCUT2D eigenvalue weighted by Crippen LogP contribution is 2.25. The van der Waals surface area contributed by atoms with Crippen LogP contribution in [0.3, 0.4) is 0 Å². The molecule has 5 nitrogen and oxygen atoms in total. The van der Waals surface area contributed by atoms with E-state index in [1.165, 1.54) is 5.56 Å². The maximum Gasteiger partial charge on any atom is 0.233 e. The molecular weight excluding hydrogens is 372 g/mol. The van der Waals surface area contributed by atoms with Crippen molar-refractivity contribution >= 4 is 17.7 Å². The van der Waals surface area contributed by atoms with Crippen molar-refractivity contribution in [2.45, 2.75) is 23.1 Å². The minimum Gasteiger partial charge on any atom is -0.497 e. The molecule has 0 spiro atoms. The summed E-state index contributed by atoms with van der Waals surface area (Å²) in [6, 6.07) is 18.2. The number of methoxy groups -OCH3 is 1. The highest BCUT2D eigenvalue weighted by molar-refractivity contribution is 8.00. The number of nitrogens with one attached hydrogen (secondary N) is 1. The fraction of sp³-hybridized carbons (Fsp3) is 0.409. The summed E-state index contributed by atoms with van der Waals surface area (Å²) in [4.78, 5) is 16.1. The summed E-state index contributed by atoms with van der Waals surface area (Å²) in [6.45, 7) is 5.69. The zero-order valence-electron chi connectivity index (χ0n) is 16.5. The Balaban J connectivity index is 1.63. The standard InChI is InChI=1S/C22H28N2O3S/c1-17(28-20-6-4-3-5-7-20)22(25)23-16-21(24-12-14-27-15-13-24)18-8-10-19(26-2)11-9-18/h3-11,17,21H,12-16H2,1-2H3,(H,23,25)/t17-,21+/m0/s1. The number of carbonyl (C=O) groups excluding carboxylic acids is 1. The summed E-state index contributed by atoms with van der Waals surface area (Å²) in [5.41, 5.74) is 1.17. The molecule has 3 rings (SSSR count). The van der Waals surface area contributed by atoms with Gasteiger partial charge in [0.25, 0.3) is 0 Å². The van der Waals surface area contributed by atoms with Gasteiger partial charge in [-0.15, -0.1) is 11.8 Å². The molecule has 1 N–H and O–H groups in total. The van der Waals surface area contributed by atoms with E-state index in [1.54, 1.807) is 18.9 Å². The molecule has 0 aliphatic carbocycles. The zero-order chi connectivity index (χ0) is 19.8. The molecule has 2 aromatic carbocycles. The topological polar surface area (TPSA) is 50.8 Å². The number of ether oxygens (including phenoxy) is 2. The first-order valence-corrected chi connectivity index (χ1v) is 10.5. The number of benzene rings is 2. The first-order valence-electron chi connectivity index (χ1n) is 9.62. The average molecular weight is 401 g/mol. The van der Waals surface area contributed by atoms with Crippen molar-refractivity contribution in [2.75, 3.05) is 40.0 Å². The van der Waals surface area contributed by atoms with Crippen LogP contribution in [0.1, 0.15) is 18.5 Å². The van der Waals surface area contributed by atoms with E-state index in [0.29, 0.717) is 6.54 Å². The highest BCUT2D eigenvalue weighted by atomic mass is 32.2. The van der Waals surface area contributed by atoms with Crippen LogP contribution < -0.4 is 10.1 Å². The highest BCUT2D eigenvalue weighted by Gasteiger charge is 2.24. The number of rotatable bonds is 8. The number of hydrogen-bond donors (Lipinski definition) is 1. The number of thioether (sulfide) groups is 1. The second kappa shape index (κ2) is 10.5. The molecule has 0 radical (unpaired) electrons. The largest absolute Gasteiger partial charge is 0.497 e. The molecule has 1 aliphatic heterocycles. The maximum absolute atomic E-state index is 12.7. The molecule has 150 valence electrons. The van der Waals surface area contributed by atoms with Crippen LogP contribution in [-0.2, 0) is 9.53 Å². The lowest BCUT2D eigenvalue weighted by Gasteiger charge is -2.35. The smallest absolute Gasteiger partial charge is 0.233 e. The first kappa shape index (κ1) is 20.7. The summed E-state index contributed by atoms with van der Waals surface area (Å²) >= 11 is 1.58. The Morgan fingerprint density at radius 1 is 1.14 bits per heavy atom. The van der Waals surface area contributed by atoms with Gasteiger partial charge in [-0.25, -0.2) is 0 Å². The zero-order valence-corrected chi connectivity index (χ0v) is 17.3. The quantitative estimate of drug-likeness (QED) is 0.689. The van der Waals surface area contributed by atoms with Gasteiger partial charge < -0.3 is 14.8 Å². The first-order chi connectivity index (χ1) is 13.7. The summed E-state index contributed by atoms with van der Waals surface area (Å²) in [6.07, 6.45) is 0. The van der Waals surface area contributed by atoms with Crippen LogP contribution in [-0.4, -0.2) is 56.0 Å². The third-order valence-electron chi connectivity index (χ3n) is 4.88. The molecule has 1 heterocycles. The number of amides is 1. The van der Waals surface area contributed by atoms with Gasteiger partial charge >= 0.3 is 0 Å². The molecule has 1 fully saturated rings. The molecule has 1 aliphatic rings. The summed E-state index contributed by atoms with van der Waals surface area (Å²) in [5, 5.41) is 3.00. The van der Waals surface area contributed by atoms with Crippen LogP contribution in [0.5, 0.6) is 5.75 Å². The van der Waals surface area contributed by atoms with Gasteiger partial charge in [0.1, 0.15) is 5.75 Å². The van der Waals surface area contributed by atoms with E-state index >= 15 is 0 Å². The van der Waals surface area contributed by atoms with E-state index in [2.05, 4.69) is 22.3 Å². The third-order valence-corrected chi connectivity index (χ3v) is 5.99. The van der Waals surface area contributed by atoms with Crippen molar-refractivity contribution in [2.24, 2.45) is 0 Å². The Hall–Kier alpha value is -2.02. The lowest BCUT2D eigenvalue weighted by atomic mass is 10.0. The molecule has 0 unspecified atom stereocenters. The van der Waals surface area contributed by atoms with E-state index in [1.807, 2.05) is 49.4 Å². The van der Waals surface area contributed by atoms with E-state index in [4.69, 9.17) is 9.47 Å². The predicted molar refractivity (Wildman–Crippen MR) is 113 cm³/mol. The second-order valence-corrected chi connectivity index (χ2v) is 8.17. The van der Waals surface area contributed by atoms with Gasteiger partial charge in [-0.3, -0.25) is 9.69 Å².